The number of fused-ring (bicyclic) bond motifs is 1. The van der Waals surface area contributed by atoms with E-state index in [1.165, 1.54) is 0 Å². The number of nitrogens with one attached hydrogen (secondary N) is 2. The smallest absolute Gasteiger partial charge is 0.255 e. The second kappa shape index (κ2) is 8.52. The van der Waals surface area contributed by atoms with Crippen molar-refractivity contribution in [2.45, 2.75) is 19.8 Å². The number of hydrogen-bond acceptors (Lipinski definition) is 3. The number of carbonyl (C=O) groups excluding carboxylic acids is 3. The first-order chi connectivity index (χ1) is 13.5. The normalized spacial score (nSPS) is 12.2. The van der Waals surface area contributed by atoms with E-state index in [0.29, 0.717) is 36.3 Å². The molecule has 28 heavy (non-hydrogen) atoms. The summed E-state index contributed by atoms with van der Waals surface area (Å²) in [6.07, 6.45) is 2.77. The largest absolute Gasteiger partial charge is 0.349 e. The summed E-state index contributed by atoms with van der Waals surface area (Å²) in [5, 5.41) is 5.53. The zero-order valence-electron chi connectivity index (χ0n) is 15.8. The highest BCUT2D eigenvalue weighted by atomic mass is 16.2. The monoisotopic (exact) mass is 377 g/mol. The summed E-state index contributed by atoms with van der Waals surface area (Å²) >= 11 is 0. The third kappa shape index (κ3) is 3.96. The van der Waals surface area contributed by atoms with Crippen molar-refractivity contribution in [3.63, 3.8) is 0 Å². The van der Waals surface area contributed by atoms with Gasteiger partial charge in [-0.2, -0.15) is 0 Å². The highest BCUT2D eigenvalue weighted by molar-refractivity contribution is 6.09. The van der Waals surface area contributed by atoms with E-state index in [0.717, 1.165) is 17.7 Å². The Morgan fingerprint density at radius 2 is 1.93 bits per heavy atom. The van der Waals surface area contributed by atoms with Gasteiger partial charge in [0, 0.05) is 30.8 Å². The molecule has 0 aliphatic carbocycles. The number of carbonyl (C=O) groups is 3. The van der Waals surface area contributed by atoms with E-state index < -0.39 is 0 Å². The van der Waals surface area contributed by atoms with E-state index >= 15 is 0 Å². The van der Waals surface area contributed by atoms with Crippen LogP contribution >= 0.6 is 0 Å². The number of rotatable bonds is 6. The lowest BCUT2D eigenvalue weighted by Crippen LogP contribution is -2.27. The maximum Gasteiger partial charge on any atom is 0.255 e. The van der Waals surface area contributed by atoms with Crippen LogP contribution in [0.2, 0.25) is 0 Å². The SMILES string of the molecule is C=CCNC(=O)c1ccccc1NC(=O)c1ccc2c(c1)CCN2C(=O)CC. The van der Waals surface area contributed by atoms with E-state index in [-0.39, 0.29) is 17.7 Å². The molecule has 0 bridgehead atoms. The van der Waals surface area contributed by atoms with Crippen LogP contribution in [-0.4, -0.2) is 30.8 Å². The van der Waals surface area contributed by atoms with Gasteiger partial charge >= 0.3 is 0 Å². The molecule has 6 heteroatoms. The van der Waals surface area contributed by atoms with Gasteiger partial charge in [0.1, 0.15) is 0 Å². The summed E-state index contributed by atoms with van der Waals surface area (Å²) in [5.74, 6) is -0.499. The first-order valence-corrected chi connectivity index (χ1v) is 9.28. The van der Waals surface area contributed by atoms with Gasteiger partial charge in [0.05, 0.1) is 11.3 Å². The van der Waals surface area contributed by atoms with Crippen molar-refractivity contribution in [3.8, 4) is 0 Å². The molecule has 0 aromatic heterocycles. The van der Waals surface area contributed by atoms with Gasteiger partial charge in [-0.1, -0.05) is 25.1 Å². The maximum atomic E-state index is 12.7. The zero-order valence-corrected chi connectivity index (χ0v) is 15.8. The van der Waals surface area contributed by atoms with Gasteiger partial charge in [-0.05, 0) is 42.3 Å². The van der Waals surface area contributed by atoms with E-state index in [9.17, 15) is 14.4 Å². The van der Waals surface area contributed by atoms with E-state index in [2.05, 4.69) is 17.2 Å². The molecule has 6 nitrogen and oxygen atoms in total. The van der Waals surface area contributed by atoms with Crippen LogP contribution in [0.15, 0.2) is 55.1 Å². The number of hydrogen-bond donors (Lipinski definition) is 2. The van der Waals surface area contributed by atoms with Gasteiger partial charge in [-0.25, -0.2) is 0 Å². The molecule has 0 fully saturated rings. The fraction of sp³-hybridized carbons (Fsp3) is 0.227. The van der Waals surface area contributed by atoms with Crippen LogP contribution in [0.3, 0.4) is 0 Å². The Bertz CT molecular complexity index is 936. The number of nitrogens with zero attached hydrogens (tertiary/aromatic N) is 1. The van der Waals surface area contributed by atoms with Crippen LogP contribution in [0.4, 0.5) is 11.4 Å². The lowest BCUT2D eigenvalue weighted by molar-refractivity contribution is -0.118. The second-order valence-electron chi connectivity index (χ2n) is 6.49. The van der Waals surface area contributed by atoms with Crippen molar-refractivity contribution >= 4 is 29.1 Å². The number of amides is 3. The molecule has 3 amide bonds. The minimum absolute atomic E-state index is 0.0791. The Balaban J connectivity index is 1.79. The van der Waals surface area contributed by atoms with E-state index in [1.807, 2.05) is 19.1 Å². The Kier molecular flexibility index (Phi) is 5.89. The van der Waals surface area contributed by atoms with Crippen LogP contribution < -0.4 is 15.5 Å². The summed E-state index contributed by atoms with van der Waals surface area (Å²) in [6, 6.07) is 12.2. The minimum atomic E-state index is -0.299. The number of para-hydroxylation sites is 1. The van der Waals surface area contributed by atoms with Crippen LogP contribution in [0.25, 0.3) is 0 Å². The molecule has 0 radical (unpaired) electrons. The molecule has 0 atom stereocenters. The van der Waals surface area contributed by atoms with E-state index in [4.69, 9.17) is 0 Å². The molecule has 2 aromatic carbocycles. The standard InChI is InChI=1S/C22H23N3O3/c1-3-12-23-22(28)17-7-5-6-8-18(17)24-21(27)16-9-10-19-15(14-16)11-13-25(19)20(26)4-2/h3,5-10,14H,1,4,11-13H2,2H3,(H,23,28)(H,24,27). The quantitative estimate of drug-likeness (QED) is 0.759. The van der Waals surface area contributed by atoms with Gasteiger partial charge in [-0.3, -0.25) is 14.4 Å². The van der Waals surface area contributed by atoms with E-state index in [1.54, 1.807) is 41.3 Å². The fourth-order valence-corrected chi connectivity index (χ4v) is 3.24. The summed E-state index contributed by atoms with van der Waals surface area (Å²) in [7, 11) is 0. The Hall–Kier alpha value is -3.41. The van der Waals surface area contributed by atoms with Crippen molar-refractivity contribution < 1.29 is 14.4 Å². The molecule has 2 N–H and O–H groups in total. The molecule has 1 heterocycles. The van der Waals surface area contributed by atoms with Crippen molar-refractivity contribution in [3.05, 3.63) is 71.8 Å². The summed E-state index contributed by atoms with van der Waals surface area (Å²) < 4.78 is 0. The maximum absolute atomic E-state index is 12.7. The molecular formula is C22H23N3O3. The topological polar surface area (TPSA) is 78.5 Å². The zero-order chi connectivity index (χ0) is 20.1. The van der Waals surface area contributed by atoms with Crippen LogP contribution in [0.5, 0.6) is 0 Å². The minimum Gasteiger partial charge on any atom is -0.349 e. The number of benzene rings is 2. The van der Waals surface area contributed by atoms with Crippen molar-refractivity contribution in [1.29, 1.82) is 0 Å². The highest BCUT2D eigenvalue weighted by Gasteiger charge is 2.24. The van der Waals surface area contributed by atoms with Crippen molar-refractivity contribution in [1.82, 2.24) is 5.32 Å². The van der Waals surface area contributed by atoms with Gasteiger partial charge < -0.3 is 15.5 Å². The van der Waals surface area contributed by atoms with Gasteiger partial charge in [0.25, 0.3) is 11.8 Å². The molecule has 0 unspecified atom stereocenters. The van der Waals surface area contributed by atoms with Crippen molar-refractivity contribution in [2.75, 3.05) is 23.3 Å². The van der Waals surface area contributed by atoms with Gasteiger partial charge in [-0.15, -0.1) is 6.58 Å². The molecule has 2 aromatic rings. The second-order valence-corrected chi connectivity index (χ2v) is 6.49. The third-order valence-electron chi connectivity index (χ3n) is 4.67. The molecule has 0 saturated carbocycles. The third-order valence-corrected chi connectivity index (χ3v) is 4.67. The first-order valence-electron chi connectivity index (χ1n) is 9.28. The van der Waals surface area contributed by atoms with Crippen LogP contribution in [0.1, 0.15) is 39.6 Å². The summed E-state index contributed by atoms with van der Waals surface area (Å²) in [4.78, 5) is 38.8. The molecule has 1 aliphatic heterocycles. The molecule has 0 spiro atoms. The predicted octanol–water partition coefficient (Wildman–Crippen LogP) is 3.15. The summed E-state index contributed by atoms with van der Waals surface area (Å²) in [5.41, 5.74) is 3.17. The average molecular weight is 377 g/mol. The molecular weight excluding hydrogens is 354 g/mol. The Morgan fingerprint density at radius 3 is 2.68 bits per heavy atom. The highest BCUT2D eigenvalue weighted by Crippen LogP contribution is 2.29. The Labute approximate surface area is 164 Å². The summed E-state index contributed by atoms with van der Waals surface area (Å²) in [6.45, 7) is 6.40. The first kappa shape index (κ1) is 19.4. The van der Waals surface area contributed by atoms with Crippen molar-refractivity contribution in [2.24, 2.45) is 0 Å². The average Bonchev–Trinajstić information content (AvgIpc) is 3.15. The van der Waals surface area contributed by atoms with Gasteiger partial charge in [0.2, 0.25) is 5.91 Å². The molecule has 1 aliphatic rings. The number of anilines is 2. The molecule has 0 saturated heterocycles. The lowest BCUT2D eigenvalue weighted by atomic mass is 10.1. The molecule has 144 valence electrons. The molecule has 3 rings (SSSR count). The van der Waals surface area contributed by atoms with Crippen LogP contribution in [-0.2, 0) is 11.2 Å². The fourth-order valence-electron chi connectivity index (χ4n) is 3.24. The van der Waals surface area contributed by atoms with Crippen LogP contribution in [0, 0.1) is 0 Å². The lowest BCUT2D eigenvalue weighted by Gasteiger charge is -2.16. The Morgan fingerprint density at radius 1 is 1.14 bits per heavy atom. The predicted molar refractivity (Wildman–Crippen MR) is 110 cm³/mol. The van der Waals surface area contributed by atoms with Gasteiger partial charge in [0.15, 0.2) is 0 Å².